The average molecular weight is 421 g/mol. The number of benzene rings is 1. The fourth-order valence-corrected chi connectivity index (χ4v) is 4.71. The zero-order valence-corrected chi connectivity index (χ0v) is 17.5. The highest BCUT2D eigenvalue weighted by atomic mass is 35.5. The Morgan fingerprint density at radius 2 is 1.86 bits per heavy atom. The van der Waals surface area contributed by atoms with Crippen LogP contribution in [0.15, 0.2) is 18.2 Å². The van der Waals surface area contributed by atoms with Crippen LogP contribution in [0.1, 0.15) is 37.7 Å². The third-order valence-corrected chi connectivity index (χ3v) is 6.37. The third kappa shape index (κ3) is 4.87. The largest absolute Gasteiger partial charge is 0.486 e. The molecule has 7 heteroatoms. The summed E-state index contributed by atoms with van der Waals surface area (Å²) in [4.78, 5) is 15.1. The SMILES string of the molecule is O=C(C=Cc1cc(Cl)c2c(c1)OCCO2)NCC1(N2CCCCC2)CCOCC1. The van der Waals surface area contributed by atoms with Crippen LogP contribution in [0.2, 0.25) is 5.02 Å². The number of ether oxygens (including phenoxy) is 3. The Kier molecular flexibility index (Phi) is 6.63. The van der Waals surface area contributed by atoms with Gasteiger partial charge in [0, 0.05) is 31.4 Å². The van der Waals surface area contributed by atoms with E-state index < -0.39 is 0 Å². The quantitative estimate of drug-likeness (QED) is 0.741. The highest BCUT2D eigenvalue weighted by Crippen LogP contribution is 2.38. The van der Waals surface area contributed by atoms with Crippen molar-refractivity contribution in [1.29, 1.82) is 0 Å². The Hall–Kier alpha value is -1.76. The molecule has 1 aromatic carbocycles. The molecule has 0 atom stereocenters. The molecule has 2 fully saturated rings. The molecule has 0 saturated carbocycles. The summed E-state index contributed by atoms with van der Waals surface area (Å²) in [5.74, 6) is 1.09. The number of likely N-dealkylation sites (tertiary alicyclic amines) is 1. The number of fused-ring (bicyclic) bond motifs is 1. The molecule has 29 heavy (non-hydrogen) atoms. The molecule has 3 aliphatic rings. The van der Waals surface area contributed by atoms with Crippen molar-refractivity contribution in [2.45, 2.75) is 37.6 Å². The van der Waals surface area contributed by atoms with Gasteiger partial charge in [0.15, 0.2) is 11.5 Å². The minimum Gasteiger partial charge on any atom is -0.486 e. The van der Waals surface area contributed by atoms with E-state index in [2.05, 4.69) is 10.2 Å². The summed E-state index contributed by atoms with van der Waals surface area (Å²) >= 11 is 6.27. The maximum absolute atomic E-state index is 12.5. The molecule has 3 aliphatic heterocycles. The van der Waals surface area contributed by atoms with Gasteiger partial charge in [-0.25, -0.2) is 0 Å². The van der Waals surface area contributed by atoms with Crippen LogP contribution in [0.5, 0.6) is 11.5 Å². The molecule has 0 aromatic heterocycles. The molecule has 0 radical (unpaired) electrons. The summed E-state index contributed by atoms with van der Waals surface area (Å²) in [7, 11) is 0. The van der Waals surface area contributed by atoms with E-state index in [0.29, 0.717) is 36.3 Å². The van der Waals surface area contributed by atoms with Gasteiger partial charge in [-0.15, -0.1) is 0 Å². The predicted molar refractivity (Wildman–Crippen MR) is 113 cm³/mol. The number of hydrogen-bond acceptors (Lipinski definition) is 5. The van der Waals surface area contributed by atoms with Crippen molar-refractivity contribution in [3.8, 4) is 11.5 Å². The van der Waals surface area contributed by atoms with Gasteiger partial charge < -0.3 is 19.5 Å². The normalized spacial score (nSPS) is 21.8. The van der Waals surface area contributed by atoms with Crippen molar-refractivity contribution in [3.05, 3.63) is 28.8 Å². The molecule has 1 N–H and O–H groups in total. The van der Waals surface area contributed by atoms with Crippen molar-refractivity contribution in [3.63, 3.8) is 0 Å². The van der Waals surface area contributed by atoms with Crippen LogP contribution in [0.4, 0.5) is 0 Å². The van der Waals surface area contributed by atoms with Crippen molar-refractivity contribution in [1.82, 2.24) is 10.2 Å². The Bertz CT molecular complexity index is 755. The van der Waals surface area contributed by atoms with Gasteiger partial charge in [0.2, 0.25) is 5.91 Å². The van der Waals surface area contributed by atoms with Crippen molar-refractivity contribution in [2.24, 2.45) is 0 Å². The number of halogens is 1. The number of carbonyl (C=O) groups is 1. The Morgan fingerprint density at radius 3 is 2.66 bits per heavy atom. The number of hydrogen-bond donors (Lipinski definition) is 1. The highest BCUT2D eigenvalue weighted by Gasteiger charge is 2.39. The molecular weight excluding hydrogens is 392 g/mol. The summed E-state index contributed by atoms with van der Waals surface area (Å²) in [6.07, 6.45) is 9.03. The first-order chi connectivity index (χ1) is 14.2. The van der Waals surface area contributed by atoms with Crippen LogP contribution in [0.25, 0.3) is 6.08 Å². The van der Waals surface area contributed by atoms with Crippen LogP contribution in [0, 0.1) is 0 Å². The maximum atomic E-state index is 12.5. The fourth-order valence-electron chi connectivity index (χ4n) is 4.43. The molecule has 6 nitrogen and oxygen atoms in total. The van der Waals surface area contributed by atoms with E-state index >= 15 is 0 Å². The van der Waals surface area contributed by atoms with E-state index in [9.17, 15) is 4.79 Å². The van der Waals surface area contributed by atoms with Crippen LogP contribution in [-0.2, 0) is 9.53 Å². The number of carbonyl (C=O) groups excluding carboxylic acids is 1. The summed E-state index contributed by atoms with van der Waals surface area (Å²) in [5.41, 5.74) is 0.828. The van der Waals surface area contributed by atoms with Crippen molar-refractivity contribution in [2.75, 3.05) is 46.1 Å². The van der Waals surface area contributed by atoms with Gasteiger partial charge in [-0.05, 0) is 62.5 Å². The number of amides is 1. The number of piperidine rings is 1. The highest BCUT2D eigenvalue weighted by molar-refractivity contribution is 6.32. The molecule has 2 saturated heterocycles. The molecule has 0 spiro atoms. The van der Waals surface area contributed by atoms with Gasteiger partial charge in [-0.2, -0.15) is 0 Å². The van der Waals surface area contributed by atoms with Gasteiger partial charge in [0.05, 0.1) is 5.02 Å². The van der Waals surface area contributed by atoms with Crippen molar-refractivity contribution >= 4 is 23.6 Å². The maximum Gasteiger partial charge on any atom is 0.244 e. The van der Waals surface area contributed by atoms with E-state index in [4.69, 9.17) is 25.8 Å². The Morgan fingerprint density at radius 1 is 1.10 bits per heavy atom. The Balaban J connectivity index is 1.39. The first-order valence-corrected chi connectivity index (χ1v) is 10.9. The van der Waals surface area contributed by atoms with Crippen LogP contribution < -0.4 is 14.8 Å². The van der Waals surface area contributed by atoms with Crippen LogP contribution in [0.3, 0.4) is 0 Å². The topological polar surface area (TPSA) is 60.0 Å². The summed E-state index contributed by atoms with van der Waals surface area (Å²) in [5, 5.41) is 3.62. The van der Waals surface area contributed by atoms with E-state index in [1.807, 2.05) is 6.07 Å². The molecule has 3 heterocycles. The standard InChI is InChI=1S/C22H29ClN2O4/c23-18-14-17(15-19-21(18)29-13-12-28-19)4-5-20(26)24-16-22(6-10-27-11-7-22)25-8-2-1-3-9-25/h4-5,14-15H,1-3,6-13,16H2,(H,24,26). The van der Waals surface area contributed by atoms with Crippen molar-refractivity contribution < 1.29 is 19.0 Å². The minimum atomic E-state index is -0.0983. The van der Waals surface area contributed by atoms with E-state index in [1.165, 1.54) is 19.3 Å². The lowest BCUT2D eigenvalue weighted by atomic mass is 9.86. The number of nitrogens with zero attached hydrogens (tertiary/aromatic N) is 1. The smallest absolute Gasteiger partial charge is 0.244 e. The second kappa shape index (κ2) is 9.37. The van der Waals surface area contributed by atoms with E-state index in [-0.39, 0.29) is 11.4 Å². The molecule has 0 aliphatic carbocycles. The zero-order chi connectivity index (χ0) is 20.1. The zero-order valence-electron chi connectivity index (χ0n) is 16.8. The lowest BCUT2D eigenvalue weighted by Gasteiger charge is -2.48. The molecular formula is C22H29ClN2O4. The molecule has 0 bridgehead atoms. The molecule has 158 valence electrons. The lowest BCUT2D eigenvalue weighted by Crippen LogP contribution is -2.59. The molecule has 1 amide bonds. The Labute approximate surface area is 177 Å². The number of nitrogens with one attached hydrogen (secondary N) is 1. The monoisotopic (exact) mass is 420 g/mol. The van der Waals surface area contributed by atoms with Crippen LogP contribution in [-0.4, -0.2) is 62.4 Å². The van der Waals surface area contributed by atoms with Gasteiger partial charge in [0.1, 0.15) is 13.2 Å². The second-order valence-electron chi connectivity index (χ2n) is 7.96. The fraction of sp³-hybridized carbons (Fsp3) is 0.591. The first kappa shape index (κ1) is 20.5. The van der Waals surface area contributed by atoms with Gasteiger partial charge in [0.25, 0.3) is 0 Å². The van der Waals surface area contributed by atoms with Gasteiger partial charge >= 0.3 is 0 Å². The predicted octanol–water partition coefficient (Wildman–Crippen LogP) is 3.28. The summed E-state index contributed by atoms with van der Waals surface area (Å²) in [6, 6.07) is 3.63. The van der Waals surface area contributed by atoms with E-state index in [0.717, 1.165) is 44.7 Å². The van der Waals surface area contributed by atoms with Gasteiger partial charge in [-0.1, -0.05) is 18.0 Å². The summed E-state index contributed by atoms with van der Waals surface area (Å²) in [6.45, 7) is 5.40. The molecule has 1 aromatic rings. The third-order valence-electron chi connectivity index (χ3n) is 6.09. The summed E-state index contributed by atoms with van der Waals surface area (Å²) < 4.78 is 16.7. The lowest BCUT2D eigenvalue weighted by molar-refractivity contribution is -0.118. The average Bonchev–Trinajstić information content (AvgIpc) is 2.77. The molecule has 4 rings (SSSR count). The number of rotatable bonds is 5. The van der Waals surface area contributed by atoms with Gasteiger partial charge in [-0.3, -0.25) is 9.69 Å². The molecule has 0 unspecified atom stereocenters. The first-order valence-electron chi connectivity index (χ1n) is 10.5. The van der Waals surface area contributed by atoms with E-state index in [1.54, 1.807) is 18.2 Å². The second-order valence-corrected chi connectivity index (χ2v) is 8.37. The minimum absolute atomic E-state index is 0.0163. The van der Waals surface area contributed by atoms with Crippen LogP contribution >= 0.6 is 11.6 Å².